The Morgan fingerprint density at radius 2 is 2.20 bits per heavy atom. The van der Waals surface area contributed by atoms with Crippen molar-refractivity contribution in [3.63, 3.8) is 0 Å². The van der Waals surface area contributed by atoms with Crippen LogP contribution >= 0.6 is 24.0 Å². The second kappa shape index (κ2) is 9.19. The van der Waals surface area contributed by atoms with Gasteiger partial charge in [-0.2, -0.15) is 11.8 Å². The van der Waals surface area contributed by atoms with Gasteiger partial charge in [0.1, 0.15) is 0 Å². The van der Waals surface area contributed by atoms with Gasteiger partial charge in [-0.05, 0) is 49.4 Å². The van der Waals surface area contributed by atoms with Crippen molar-refractivity contribution in [1.29, 1.82) is 0 Å². The van der Waals surface area contributed by atoms with E-state index in [1.165, 1.54) is 37.9 Å². The van der Waals surface area contributed by atoms with Gasteiger partial charge in [0.2, 0.25) is 0 Å². The third kappa shape index (κ3) is 6.09. The van der Waals surface area contributed by atoms with E-state index in [9.17, 15) is 0 Å². The molecule has 3 nitrogen and oxygen atoms in total. The largest absolute Gasteiger partial charge is 0.362 e. The zero-order valence-electron chi connectivity index (χ0n) is 11.8. The number of aromatic nitrogens is 1. The highest BCUT2D eigenvalue weighted by Gasteiger charge is 2.12. The first-order valence-electron chi connectivity index (χ1n) is 7.41. The standard InChI is InChI=1S/C15H23N3S2/c19-15(18-13-6-4-9-16-12-13)17-10-5-11-20-14-7-2-1-3-8-14/h4,6,9,12,14H,1-3,5,7-8,10-11H2,(H2,17,18,19). The molecule has 0 bridgehead atoms. The van der Waals surface area contributed by atoms with Gasteiger partial charge in [0, 0.05) is 18.0 Å². The molecule has 0 radical (unpaired) electrons. The number of thiocarbonyl (C=S) groups is 1. The van der Waals surface area contributed by atoms with E-state index >= 15 is 0 Å². The number of hydrogen-bond acceptors (Lipinski definition) is 3. The molecule has 1 aromatic heterocycles. The number of hydrogen-bond donors (Lipinski definition) is 2. The highest BCUT2D eigenvalue weighted by molar-refractivity contribution is 7.99. The highest BCUT2D eigenvalue weighted by Crippen LogP contribution is 2.28. The summed E-state index contributed by atoms with van der Waals surface area (Å²) in [6.07, 6.45) is 11.8. The molecule has 1 saturated carbocycles. The van der Waals surface area contributed by atoms with Crippen LogP contribution in [-0.4, -0.2) is 27.6 Å². The Labute approximate surface area is 131 Å². The summed E-state index contributed by atoms with van der Waals surface area (Å²) in [7, 11) is 0. The zero-order chi connectivity index (χ0) is 14.0. The molecule has 0 amide bonds. The molecule has 2 N–H and O–H groups in total. The lowest BCUT2D eigenvalue weighted by Gasteiger charge is -2.20. The number of thioether (sulfide) groups is 1. The lowest BCUT2D eigenvalue weighted by Crippen LogP contribution is -2.29. The van der Waals surface area contributed by atoms with Crippen LogP contribution in [0.15, 0.2) is 24.5 Å². The molecule has 2 rings (SSSR count). The van der Waals surface area contributed by atoms with E-state index in [4.69, 9.17) is 12.2 Å². The second-order valence-corrected chi connectivity index (χ2v) is 6.92. The molecule has 0 aromatic carbocycles. The van der Waals surface area contributed by atoms with Crippen molar-refractivity contribution in [2.45, 2.75) is 43.8 Å². The van der Waals surface area contributed by atoms with Gasteiger partial charge < -0.3 is 10.6 Å². The van der Waals surface area contributed by atoms with E-state index < -0.39 is 0 Å². The SMILES string of the molecule is S=C(NCCCSC1CCCCC1)Nc1cccnc1. The van der Waals surface area contributed by atoms with Crippen LogP contribution in [0.2, 0.25) is 0 Å². The summed E-state index contributed by atoms with van der Waals surface area (Å²) in [5.41, 5.74) is 0.932. The van der Waals surface area contributed by atoms with Gasteiger partial charge >= 0.3 is 0 Å². The van der Waals surface area contributed by atoms with Crippen LogP contribution in [-0.2, 0) is 0 Å². The van der Waals surface area contributed by atoms with Crippen molar-refractivity contribution in [3.05, 3.63) is 24.5 Å². The second-order valence-electron chi connectivity index (χ2n) is 5.11. The van der Waals surface area contributed by atoms with Crippen molar-refractivity contribution in [2.75, 3.05) is 17.6 Å². The van der Waals surface area contributed by atoms with Crippen LogP contribution in [0, 0.1) is 0 Å². The molecule has 0 saturated heterocycles. The quantitative estimate of drug-likeness (QED) is 0.617. The smallest absolute Gasteiger partial charge is 0.170 e. The van der Waals surface area contributed by atoms with E-state index in [-0.39, 0.29) is 0 Å². The summed E-state index contributed by atoms with van der Waals surface area (Å²) in [4.78, 5) is 4.05. The summed E-state index contributed by atoms with van der Waals surface area (Å²) >= 11 is 7.39. The third-order valence-corrected chi connectivity index (χ3v) is 5.15. The fourth-order valence-corrected chi connectivity index (χ4v) is 3.90. The van der Waals surface area contributed by atoms with Crippen LogP contribution in [0.25, 0.3) is 0 Å². The van der Waals surface area contributed by atoms with E-state index in [2.05, 4.69) is 27.4 Å². The van der Waals surface area contributed by atoms with Gasteiger partial charge in [-0.1, -0.05) is 19.3 Å². The molecule has 1 aromatic rings. The molecule has 0 aliphatic heterocycles. The molecule has 20 heavy (non-hydrogen) atoms. The maximum absolute atomic E-state index is 5.25. The Hall–Kier alpha value is -0.810. The molecule has 1 fully saturated rings. The lowest BCUT2D eigenvalue weighted by atomic mass is 10.0. The van der Waals surface area contributed by atoms with Crippen LogP contribution in [0.3, 0.4) is 0 Å². The molecule has 0 atom stereocenters. The van der Waals surface area contributed by atoms with Gasteiger partial charge in [0.15, 0.2) is 5.11 Å². The highest BCUT2D eigenvalue weighted by atomic mass is 32.2. The molecule has 1 heterocycles. The summed E-state index contributed by atoms with van der Waals surface area (Å²) in [5.74, 6) is 1.23. The number of anilines is 1. The third-order valence-electron chi connectivity index (χ3n) is 3.43. The van der Waals surface area contributed by atoms with Crippen molar-refractivity contribution >= 4 is 34.8 Å². The maximum atomic E-state index is 5.25. The zero-order valence-corrected chi connectivity index (χ0v) is 13.4. The molecule has 110 valence electrons. The Kier molecular flexibility index (Phi) is 7.15. The average Bonchev–Trinajstić information content (AvgIpc) is 2.49. The van der Waals surface area contributed by atoms with Crippen LogP contribution in [0.4, 0.5) is 5.69 Å². The first kappa shape index (κ1) is 15.6. The van der Waals surface area contributed by atoms with Gasteiger partial charge in [-0.15, -0.1) is 0 Å². The summed E-state index contributed by atoms with van der Waals surface area (Å²) in [6, 6.07) is 3.85. The maximum Gasteiger partial charge on any atom is 0.170 e. The Morgan fingerprint density at radius 3 is 2.95 bits per heavy atom. The molecule has 1 aliphatic carbocycles. The molecule has 1 aliphatic rings. The number of rotatable bonds is 6. The Balaban J connectivity index is 1.51. The fraction of sp³-hybridized carbons (Fsp3) is 0.600. The van der Waals surface area contributed by atoms with E-state index in [1.807, 2.05) is 12.1 Å². The number of nitrogens with one attached hydrogen (secondary N) is 2. The van der Waals surface area contributed by atoms with E-state index in [1.54, 1.807) is 12.4 Å². The predicted octanol–water partition coefficient (Wildman–Crippen LogP) is 3.82. The normalized spacial score (nSPS) is 15.8. The molecular weight excluding hydrogens is 286 g/mol. The fourth-order valence-electron chi connectivity index (χ4n) is 2.37. The molecule has 0 unspecified atom stereocenters. The predicted molar refractivity (Wildman–Crippen MR) is 92.4 cm³/mol. The van der Waals surface area contributed by atoms with Crippen LogP contribution in [0.1, 0.15) is 38.5 Å². The first-order valence-corrected chi connectivity index (χ1v) is 8.87. The van der Waals surface area contributed by atoms with Crippen LogP contribution < -0.4 is 10.6 Å². The monoisotopic (exact) mass is 309 g/mol. The Bertz CT molecular complexity index is 391. The minimum Gasteiger partial charge on any atom is -0.362 e. The van der Waals surface area contributed by atoms with E-state index in [0.717, 1.165) is 23.9 Å². The van der Waals surface area contributed by atoms with Gasteiger partial charge in [-0.3, -0.25) is 4.98 Å². The first-order chi connectivity index (χ1) is 9.84. The summed E-state index contributed by atoms with van der Waals surface area (Å²) < 4.78 is 0. The summed E-state index contributed by atoms with van der Waals surface area (Å²) in [5, 5.41) is 7.97. The topological polar surface area (TPSA) is 37.0 Å². The van der Waals surface area contributed by atoms with Crippen molar-refractivity contribution < 1.29 is 0 Å². The van der Waals surface area contributed by atoms with Crippen molar-refractivity contribution in [1.82, 2.24) is 10.3 Å². The molecular formula is C15H23N3S2. The van der Waals surface area contributed by atoms with E-state index in [0.29, 0.717) is 5.11 Å². The lowest BCUT2D eigenvalue weighted by molar-refractivity contribution is 0.516. The van der Waals surface area contributed by atoms with Gasteiger partial charge in [-0.25, -0.2) is 0 Å². The van der Waals surface area contributed by atoms with Crippen molar-refractivity contribution in [2.24, 2.45) is 0 Å². The van der Waals surface area contributed by atoms with Gasteiger partial charge in [0.05, 0.1) is 11.9 Å². The average molecular weight is 310 g/mol. The van der Waals surface area contributed by atoms with Gasteiger partial charge in [0.25, 0.3) is 0 Å². The minimum absolute atomic E-state index is 0.681. The summed E-state index contributed by atoms with van der Waals surface area (Å²) in [6.45, 7) is 0.936. The molecule has 0 spiro atoms. The van der Waals surface area contributed by atoms with Crippen LogP contribution in [0.5, 0.6) is 0 Å². The number of nitrogens with zero attached hydrogens (tertiary/aromatic N) is 1. The Morgan fingerprint density at radius 1 is 1.35 bits per heavy atom. The molecule has 5 heteroatoms. The minimum atomic E-state index is 0.681. The number of pyridine rings is 1. The van der Waals surface area contributed by atoms with Crippen molar-refractivity contribution in [3.8, 4) is 0 Å².